The molecule has 1 unspecified atom stereocenters. The van der Waals surface area contributed by atoms with Gasteiger partial charge in [0, 0.05) is 32.2 Å². The van der Waals surface area contributed by atoms with Gasteiger partial charge in [-0.2, -0.15) is 5.10 Å². The zero-order valence-corrected chi connectivity index (χ0v) is 22.1. The Kier molecular flexibility index (Phi) is 6.18. The summed E-state index contributed by atoms with van der Waals surface area (Å²) in [7, 11) is 0. The van der Waals surface area contributed by atoms with Crippen molar-refractivity contribution in [3.63, 3.8) is 0 Å². The maximum atomic E-state index is 8.21. The number of ether oxygens (including phenoxy) is 2. The van der Waals surface area contributed by atoms with Crippen molar-refractivity contribution in [1.29, 1.82) is 0 Å². The van der Waals surface area contributed by atoms with Gasteiger partial charge >= 0.3 is 0 Å². The van der Waals surface area contributed by atoms with E-state index in [2.05, 4.69) is 50.4 Å². The number of nitrogens with zero attached hydrogens (tertiary/aromatic N) is 7. The molecule has 0 amide bonds. The summed E-state index contributed by atoms with van der Waals surface area (Å²) in [5.74, 6) is 1.63. The van der Waals surface area contributed by atoms with Crippen LogP contribution in [-0.4, -0.2) is 56.8 Å². The van der Waals surface area contributed by atoms with E-state index >= 15 is 0 Å². The number of hydrogen-bond acceptors (Lipinski definition) is 6. The highest BCUT2D eigenvalue weighted by Crippen LogP contribution is 2.46. The van der Waals surface area contributed by atoms with Gasteiger partial charge in [-0.05, 0) is 73.8 Å². The van der Waals surface area contributed by atoms with E-state index < -0.39 is 5.54 Å². The Morgan fingerprint density at radius 1 is 1.20 bits per heavy atom. The molecule has 2 saturated heterocycles. The fourth-order valence-electron chi connectivity index (χ4n) is 5.80. The fourth-order valence-corrected chi connectivity index (χ4v) is 6.55. The van der Waals surface area contributed by atoms with Crippen LogP contribution in [0, 0.1) is 10.3 Å². The second-order valence-corrected chi connectivity index (χ2v) is 10.9. The smallest absolute Gasteiger partial charge is 0.259 e. The van der Waals surface area contributed by atoms with Crippen molar-refractivity contribution in [2.24, 2.45) is 0 Å². The van der Waals surface area contributed by atoms with Gasteiger partial charge in [0.1, 0.15) is 14.9 Å². The number of fused-ring (bicyclic) bond motifs is 1. The highest BCUT2D eigenvalue weighted by molar-refractivity contribution is 14.1. The molecule has 5 heterocycles. The van der Waals surface area contributed by atoms with E-state index in [-0.39, 0.29) is 12.3 Å². The van der Waals surface area contributed by atoms with E-state index in [1.807, 2.05) is 21.5 Å². The Balaban J connectivity index is 1.57. The summed E-state index contributed by atoms with van der Waals surface area (Å²) >= 11 is 2.31. The van der Waals surface area contributed by atoms with Crippen LogP contribution in [0.2, 0.25) is 0 Å². The fraction of sp³-hybridized carbons (Fsp3) is 0.600. The molecular formula is C25H30IN7O2. The van der Waals surface area contributed by atoms with Gasteiger partial charge < -0.3 is 19.2 Å². The van der Waals surface area contributed by atoms with Crippen LogP contribution >= 0.6 is 22.6 Å². The minimum absolute atomic E-state index is 0.0925. The van der Waals surface area contributed by atoms with Gasteiger partial charge in [0.2, 0.25) is 0 Å². The predicted molar refractivity (Wildman–Crippen MR) is 140 cm³/mol. The lowest BCUT2D eigenvalue weighted by atomic mass is 9.89. The molecule has 1 aliphatic carbocycles. The molecule has 0 N–H and O–H groups in total. The molecule has 2 atom stereocenters. The predicted octanol–water partition coefficient (Wildman–Crippen LogP) is 4.81. The van der Waals surface area contributed by atoms with Crippen molar-refractivity contribution in [1.82, 2.24) is 24.4 Å². The third-order valence-electron chi connectivity index (χ3n) is 7.68. The van der Waals surface area contributed by atoms with E-state index in [1.165, 1.54) is 0 Å². The molecule has 10 heteroatoms. The Hall–Kier alpha value is -2.23. The number of halogens is 1. The first kappa shape index (κ1) is 23.2. The molecule has 0 radical (unpaired) electrons. The monoisotopic (exact) mass is 587 g/mol. The van der Waals surface area contributed by atoms with E-state index in [1.54, 1.807) is 0 Å². The first-order chi connectivity index (χ1) is 17.1. The summed E-state index contributed by atoms with van der Waals surface area (Å²) < 4.78 is 16.5. The third-order valence-corrected chi connectivity index (χ3v) is 8.43. The lowest BCUT2D eigenvalue weighted by Gasteiger charge is -2.34. The first-order valence-electron chi connectivity index (χ1n) is 12.6. The minimum Gasteiger partial charge on any atom is -0.377 e. The van der Waals surface area contributed by atoms with E-state index in [4.69, 9.17) is 26.1 Å². The van der Waals surface area contributed by atoms with Crippen LogP contribution in [0.25, 0.3) is 21.9 Å². The molecule has 2 aliphatic heterocycles. The van der Waals surface area contributed by atoms with Crippen molar-refractivity contribution < 1.29 is 9.47 Å². The quantitative estimate of drug-likeness (QED) is 0.323. The Morgan fingerprint density at radius 2 is 2.06 bits per heavy atom. The first-order valence-corrected chi connectivity index (χ1v) is 13.7. The van der Waals surface area contributed by atoms with E-state index in [9.17, 15) is 0 Å². The average Bonchev–Trinajstić information content (AvgIpc) is 3.64. The third kappa shape index (κ3) is 3.92. The molecule has 6 rings (SSSR count). The van der Waals surface area contributed by atoms with Crippen molar-refractivity contribution in [3.8, 4) is 11.5 Å². The summed E-state index contributed by atoms with van der Waals surface area (Å²) in [5.41, 5.74) is 2.36. The summed E-state index contributed by atoms with van der Waals surface area (Å²) in [5, 5.41) is 9.76. The second-order valence-electron chi connectivity index (χ2n) is 9.85. The van der Waals surface area contributed by atoms with Crippen molar-refractivity contribution in [3.05, 3.63) is 39.0 Å². The SMILES string of the molecule is [C-]#[N+]C1(c2cc(N3CCOC[C@H]3C)nn3c(-c4ccnn4C4CCCCO4)nc(I)c23)CCCC1. The van der Waals surface area contributed by atoms with Crippen LogP contribution in [0.5, 0.6) is 0 Å². The van der Waals surface area contributed by atoms with Crippen LogP contribution < -0.4 is 4.90 Å². The molecule has 184 valence electrons. The minimum atomic E-state index is -0.529. The topological polar surface area (TPSA) is 74.1 Å². The lowest BCUT2D eigenvalue weighted by Crippen LogP contribution is -2.44. The Labute approximate surface area is 218 Å². The standard InChI is InChI=1S/C25H30IN7O2/c1-17-16-34-14-12-31(17)20-15-18(25(27-2)9-4-5-10-25)22-23(26)29-24(33(22)30-20)19-8-11-28-32(19)21-7-3-6-13-35-21/h8,11,15,17,21H,3-7,9-10,12-14,16H2,1H3/t17-,21?/m1/s1. The van der Waals surface area contributed by atoms with Crippen molar-refractivity contribution in [2.75, 3.05) is 31.3 Å². The molecule has 0 aromatic carbocycles. The maximum Gasteiger partial charge on any atom is 0.259 e. The van der Waals surface area contributed by atoms with E-state index in [0.717, 1.165) is 90.2 Å². The Bertz CT molecular complexity index is 1270. The van der Waals surface area contributed by atoms with Crippen molar-refractivity contribution in [2.45, 2.75) is 69.7 Å². The molecule has 35 heavy (non-hydrogen) atoms. The van der Waals surface area contributed by atoms with Gasteiger partial charge in [-0.25, -0.2) is 20.8 Å². The number of rotatable bonds is 4. The zero-order valence-electron chi connectivity index (χ0n) is 20.0. The molecule has 0 spiro atoms. The van der Waals surface area contributed by atoms with Gasteiger partial charge in [0.05, 0.1) is 24.8 Å². The number of aromatic nitrogens is 5. The van der Waals surface area contributed by atoms with Crippen LogP contribution in [0.4, 0.5) is 5.82 Å². The normalized spacial score (nSPS) is 24.7. The Morgan fingerprint density at radius 3 is 2.80 bits per heavy atom. The molecule has 3 fully saturated rings. The molecule has 0 bridgehead atoms. The highest BCUT2D eigenvalue weighted by Gasteiger charge is 2.45. The van der Waals surface area contributed by atoms with Crippen molar-refractivity contribution >= 4 is 33.9 Å². The molecule has 1 saturated carbocycles. The molecule has 3 aromatic heterocycles. The molecular weight excluding hydrogens is 557 g/mol. The number of anilines is 1. The summed E-state index contributed by atoms with van der Waals surface area (Å²) in [6, 6.07) is 4.37. The van der Waals surface area contributed by atoms with Gasteiger partial charge in [0.15, 0.2) is 17.9 Å². The zero-order chi connectivity index (χ0) is 24.0. The summed E-state index contributed by atoms with van der Waals surface area (Å²) in [6.07, 6.45) is 8.76. The van der Waals surface area contributed by atoms with Gasteiger partial charge in [-0.15, -0.1) is 5.10 Å². The highest BCUT2D eigenvalue weighted by atomic mass is 127. The van der Waals surface area contributed by atoms with Gasteiger partial charge in [0.25, 0.3) is 5.54 Å². The van der Waals surface area contributed by atoms with Crippen LogP contribution in [0.3, 0.4) is 0 Å². The number of imidazole rings is 1. The maximum absolute atomic E-state index is 8.21. The largest absolute Gasteiger partial charge is 0.377 e. The molecule has 9 nitrogen and oxygen atoms in total. The van der Waals surface area contributed by atoms with Gasteiger partial charge in [-0.3, -0.25) is 0 Å². The summed E-state index contributed by atoms with van der Waals surface area (Å²) in [6.45, 7) is 13.2. The number of morpholine rings is 1. The molecule has 3 aliphatic rings. The molecule has 3 aromatic rings. The lowest BCUT2D eigenvalue weighted by molar-refractivity contribution is -0.0384. The average molecular weight is 587 g/mol. The second kappa shape index (κ2) is 9.33. The van der Waals surface area contributed by atoms with Gasteiger partial charge in [-0.1, -0.05) is 0 Å². The summed E-state index contributed by atoms with van der Waals surface area (Å²) in [4.78, 5) is 11.6. The van der Waals surface area contributed by atoms with E-state index in [0.29, 0.717) is 13.2 Å². The number of hydrogen-bond donors (Lipinski definition) is 0. The van der Waals surface area contributed by atoms with Crippen LogP contribution in [-0.2, 0) is 15.0 Å². The van der Waals surface area contributed by atoms with Crippen LogP contribution in [0.15, 0.2) is 18.3 Å². The van der Waals surface area contributed by atoms with Crippen LogP contribution in [0.1, 0.15) is 63.7 Å².